The number of hydrogen-bond acceptors (Lipinski definition) is 5. The second kappa shape index (κ2) is 8.56. The van der Waals surface area contributed by atoms with E-state index in [4.69, 9.17) is 15.2 Å². The molecular weight excluding hydrogens is 324 g/mol. The lowest BCUT2D eigenvalue weighted by molar-refractivity contribution is -0.123. The van der Waals surface area contributed by atoms with E-state index in [1.807, 2.05) is 6.92 Å². The van der Waals surface area contributed by atoms with Crippen molar-refractivity contribution < 1.29 is 19.1 Å². The molecule has 0 aliphatic carbocycles. The van der Waals surface area contributed by atoms with Crippen molar-refractivity contribution in [2.75, 3.05) is 30.9 Å². The van der Waals surface area contributed by atoms with E-state index < -0.39 is 12.1 Å². The van der Waals surface area contributed by atoms with Crippen LogP contribution < -0.4 is 26.4 Å². The molecule has 2 rings (SSSR count). The fourth-order valence-corrected chi connectivity index (χ4v) is 2.25. The van der Waals surface area contributed by atoms with Gasteiger partial charge in [0.15, 0.2) is 0 Å². The van der Waals surface area contributed by atoms with Crippen LogP contribution in [0.5, 0.6) is 5.75 Å². The van der Waals surface area contributed by atoms with Crippen molar-refractivity contribution in [3.05, 3.63) is 18.2 Å². The van der Waals surface area contributed by atoms with Crippen molar-refractivity contribution in [2.45, 2.75) is 19.1 Å². The zero-order valence-corrected chi connectivity index (χ0v) is 13.7. The summed E-state index contributed by atoms with van der Waals surface area (Å²) in [7, 11) is 1.46. The fraction of sp³-hybridized carbons (Fsp3) is 0.429. The highest BCUT2D eigenvalue weighted by molar-refractivity contribution is 5.96. The van der Waals surface area contributed by atoms with Gasteiger partial charge in [-0.1, -0.05) is 0 Å². The Kier molecular flexibility index (Phi) is 7.08. The number of carbonyl (C=O) groups is 2. The molecule has 9 heteroatoms. The number of morpholine rings is 1. The molecule has 2 atom stereocenters. The van der Waals surface area contributed by atoms with E-state index in [-0.39, 0.29) is 24.4 Å². The topological polar surface area (TPSA) is 115 Å². The molecule has 0 unspecified atom stereocenters. The van der Waals surface area contributed by atoms with E-state index in [1.165, 1.54) is 7.11 Å². The number of rotatable bonds is 4. The summed E-state index contributed by atoms with van der Waals surface area (Å²) >= 11 is 0. The summed E-state index contributed by atoms with van der Waals surface area (Å²) < 4.78 is 10.6. The van der Waals surface area contributed by atoms with Crippen LogP contribution in [0.25, 0.3) is 0 Å². The van der Waals surface area contributed by atoms with Gasteiger partial charge in [-0.2, -0.15) is 0 Å². The third-order valence-electron chi connectivity index (χ3n) is 3.33. The molecule has 23 heavy (non-hydrogen) atoms. The highest BCUT2D eigenvalue weighted by Crippen LogP contribution is 2.28. The molecule has 128 valence electrons. The number of urea groups is 1. The van der Waals surface area contributed by atoms with Gasteiger partial charge in [-0.3, -0.25) is 4.79 Å². The number of benzene rings is 1. The number of amides is 3. The number of ether oxygens (including phenoxy) is 2. The Morgan fingerprint density at radius 3 is 2.74 bits per heavy atom. The van der Waals surface area contributed by atoms with Gasteiger partial charge in [0, 0.05) is 18.3 Å². The first-order valence-electron chi connectivity index (χ1n) is 6.91. The van der Waals surface area contributed by atoms with Crippen LogP contribution in [0.15, 0.2) is 18.2 Å². The van der Waals surface area contributed by atoms with Crippen molar-refractivity contribution in [3.63, 3.8) is 0 Å². The quantitative estimate of drug-likeness (QED) is 0.648. The number of anilines is 2. The first-order valence-corrected chi connectivity index (χ1v) is 6.91. The Balaban J connectivity index is 0.00000264. The minimum atomic E-state index is -0.688. The molecule has 0 radical (unpaired) electrons. The van der Waals surface area contributed by atoms with Crippen molar-refractivity contribution in [3.8, 4) is 5.75 Å². The lowest BCUT2D eigenvalue weighted by atomic mass is 10.1. The van der Waals surface area contributed by atoms with E-state index >= 15 is 0 Å². The molecule has 1 saturated heterocycles. The Hall–Kier alpha value is -2.03. The maximum absolute atomic E-state index is 12.3. The van der Waals surface area contributed by atoms with Crippen LogP contribution in [-0.2, 0) is 9.53 Å². The molecule has 1 aromatic rings. The number of hydrogen-bond donors (Lipinski definition) is 4. The standard InChI is InChI=1S/C14H20N4O4.ClH/c1-8-12(16-5-6-22-8)13(19)17-9-3-4-10(18-14(15)20)11(7-9)21-2;/h3-4,7-8,12,16H,5-6H2,1-2H3,(H,17,19)(H3,15,18,20);1H/t8-,12+;/m1./s1. The monoisotopic (exact) mass is 344 g/mol. The number of methoxy groups -OCH3 is 1. The van der Waals surface area contributed by atoms with Crippen molar-refractivity contribution in [1.82, 2.24) is 5.32 Å². The predicted molar refractivity (Wildman–Crippen MR) is 89.3 cm³/mol. The summed E-state index contributed by atoms with van der Waals surface area (Å²) in [5.41, 5.74) is 6.07. The average Bonchev–Trinajstić information content (AvgIpc) is 2.48. The minimum Gasteiger partial charge on any atom is -0.494 e. The Bertz CT molecular complexity index is 570. The number of halogens is 1. The Morgan fingerprint density at radius 1 is 1.39 bits per heavy atom. The van der Waals surface area contributed by atoms with Gasteiger partial charge < -0.3 is 31.2 Å². The van der Waals surface area contributed by atoms with E-state index in [0.29, 0.717) is 30.3 Å². The molecule has 0 aromatic heterocycles. The van der Waals surface area contributed by atoms with Gasteiger partial charge in [-0.05, 0) is 19.1 Å². The lowest BCUT2D eigenvalue weighted by Crippen LogP contribution is -2.53. The molecule has 0 saturated carbocycles. The molecule has 1 heterocycles. The molecule has 1 aliphatic heterocycles. The molecule has 1 aliphatic rings. The van der Waals surface area contributed by atoms with Gasteiger partial charge in [0.1, 0.15) is 11.8 Å². The second-order valence-electron chi connectivity index (χ2n) is 4.90. The Labute approximate surface area is 140 Å². The first-order chi connectivity index (χ1) is 10.5. The van der Waals surface area contributed by atoms with E-state index in [1.54, 1.807) is 18.2 Å². The number of nitrogens with one attached hydrogen (secondary N) is 3. The maximum atomic E-state index is 12.3. The first kappa shape index (κ1) is 19.0. The van der Waals surface area contributed by atoms with Crippen LogP contribution in [-0.4, -0.2) is 44.3 Å². The minimum absolute atomic E-state index is 0. The van der Waals surface area contributed by atoms with Gasteiger partial charge in [0.2, 0.25) is 5.91 Å². The number of nitrogens with two attached hydrogens (primary N) is 1. The van der Waals surface area contributed by atoms with Crippen molar-refractivity contribution in [1.29, 1.82) is 0 Å². The summed E-state index contributed by atoms with van der Waals surface area (Å²) in [6.07, 6.45) is -0.202. The molecule has 5 N–H and O–H groups in total. The largest absolute Gasteiger partial charge is 0.494 e. The molecule has 0 spiro atoms. The van der Waals surface area contributed by atoms with Crippen LogP contribution in [0.1, 0.15) is 6.92 Å². The SMILES string of the molecule is COc1cc(NC(=O)[C@H]2NCCO[C@@H]2C)ccc1NC(N)=O.Cl. The highest BCUT2D eigenvalue weighted by atomic mass is 35.5. The van der Waals surface area contributed by atoms with Gasteiger partial charge >= 0.3 is 6.03 Å². The van der Waals surface area contributed by atoms with E-state index in [9.17, 15) is 9.59 Å². The van der Waals surface area contributed by atoms with Crippen LogP contribution in [0.2, 0.25) is 0 Å². The van der Waals surface area contributed by atoms with Crippen LogP contribution >= 0.6 is 12.4 Å². The fourth-order valence-electron chi connectivity index (χ4n) is 2.25. The summed E-state index contributed by atoms with van der Waals surface area (Å²) in [5.74, 6) is 0.211. The third-order valence-corrected chi connectivity index (χ3v) is 3.33. The lowest BCUT2D eigenvalue weighted by Gasteiger charge is -2.29. The Morgan fingerprint density at radius 2 is 2.13 bits per heavy atom. The van der Waals surface area contributed by atoms with Crippen molar-refractivity contribution >= 4 is 35.7 Å². The molecule has 1 aromatic carbocycles. The van der Waals surface area contributed by atoms with Crippen LogP contribution in [0, 0.1) is 0 Å². The third kappa shape index (κ3) is 4.98. The normalized spacial score (nSPS) is 20.1. The van der Waals surface area contributed by atoms with Crippen molar-refractivity contribution in [2.24, 2.45) is 5.73 Å². The van der Waals surface area contributed by atoms with Gasteiger partial charge in [-0.15, -0.1) is 12.4 Å². The van der Waals surface area contributed by atoms with E-state index in [2.05, 4.69) is 16.0 Å². The van der Waals surface area contributed by atoms with E-state index in [0.717, 1.165) is 0 Å². The zero-order valence-electron chi connectivity index (χ0n) is 12.9. The molecule has 3 amide bonds. The summed E-state index contributed by atoms with van der Waals surface area (Å²) in [6.45, 7) is 3.07. The van der Waals surface area contributed by atoms with Crippen LogP contribution in [0.3, 0.4) is 0 Å². The van der Waals surface area contributed by atoms with Gasteiger partial charge in [-0.25, -0.2) is 4.79 Å². The predicted octanol–water partition coefficient (Wildman–Crippen LogP) is 0.923. The smallest absolute Gasteiger partial charge is 0.316 e. The number of primary amides is 1. The van der Waals surface area contributed by atoms with Gasteiger partial charge in [0.25, 0.3) is 0 Å². The second-order valence-corrected chi connectivity index (χ2v) is 4.90. The molecular formula is C14H21ClN4O4. The zero-order chi connectivity index (χ0) is 16.1. The summed E-state index contributed by atoms with van der Waals surface area (Å²) in [4.78, 5) is 23.2. The summed E-state index contributed by atoms with van der Waals surface area (Å²) in [5, 5.41) is 8.35. The maximum Gasteiger partial charge on any atom is 0.316 e. The molecule has 0 bridgehead atoms. The summed E-state index contributed by atoms with van der Waals surface area (Å²) in [6, 6.07) is 3.76. The van der Waals surface area contributed by atoms with Crippen LogP contribution in [0.4, 0.5) is 16.2 Å². The average molecular weight is 345 g/mol. The number of carbonyl (C=O) groups excluding carboxylic acids is 2. The molecule has 1 fully saturated rings. The highest BCUT2D eigenvalue weighted by Gasteiger charge is 2.28. The van der Waals surface area contributed by atoms with Gasteiger partial charge in [0.05, 0.1) is 25.5 Å². The molecule has 8 nitrogen and oxygen atoms in total.